The standard InChI is InChI=1S/C23H23FN4O2/c1-17-7-8-19(24)20(13-17)30-22-15-21(25-16-26-22)27-9-11-28(12-10-27)23(29)14-18-5-3-2-4-6-18/h2-8,13,15-16H,9-12,14H2,1H3. The van der Waals surface area contributed by atoms with Crippen LogP contribution in [0.15, 0.2) is 60.9 Å². The number of carbonyl (C=O) groups excluding carboxylic acids is 1. The monoisotopic (exact) mass is 406 g/mol. The van der Waals surface area contributed by atoms with Gasteiger partial charge in [-0.15, -0.1) is 0 Å². The van der Waals surface area contributed by atoms with Gasteiger partial charge in [-0.25, -0.2) is 14.4 Å². The molecule has 0 atom stereocenters. The van der Waals surface area contributed by atoms with E-state index >= 15 is 0 Å². The van der Waals surface area contributed by atoms with Gasteiger partial charge in [-0.1, -0.05) is 36.4 Å². The number of aromatic nitrogens is 2. The summed E-state index contributed by atoms with van der Waals surface area (Å²) >= 11 is 0. The molecule has 0 aliphatic carbocycles. The lowest BCUT2D eigenvalue weighted by molar-refractivity contribution is -0.130. The van der Waals surface area contributed by atoms with Crippen LogP contribution < -0.4 is 9.64 Å². The molecule has 1 amide bonds. The van der Waals surface area contributed by atoms with Crippen LogP contribution in [0.2, 0.25) is 0 Å². The van der Waals surface area contributed by atoms with Crippen molar-refractivity contribution in [3.63, 3.8) is 0 Å². The Labute approximate surface area is 174 Å². The molecule has 0 bridgehead atoms. The van der Waals surface area contributed by atoms with Crippen molar-refractivity contribution in [3.05, 3.63) is 77.9 Å². The third-order valence-electron chi connectivity index (χ3n) is 5.08. The highest BCUT2D eigenvalue weighted by atomic mass is 19.1. The number of rotatable bonds is 5. The van der Waals surface area contributed by atoms with Crippen LogP contribution in [0, 0.1) is 12.7 Å². The van der Waals surface area contributed by atoms with Gasteiger partial charge in [-0.2, -0.15) is 0 Å². The van der Waals surface area contributed by atoms with Gasteiger partial charge in [0.15, 0.2) is 11.6 Å². The molecule has 0 unspecified atom stereocenters. The molecule has 7 heteroatoms. The molecule has 154 valence electrons. The summed E-state index contributed by atoms with van der Waals surface area (Å²) in [5.74, 6) is 0.806. The Morgan fingerprint density at radius 1 is 1.03 bits per heavy atom. The maximum atomic E-state index is 14.0. The van der Waals surface area contributed by atoms with Crippen LogP contribution in [0.5, 0.6) is 11.6 Å². The van der Waals surface area contributed by atoms with Crippen molar-refractivity contribution in [1.29, 1.82) is 0 Å². The van der Waals surface area contributed by atoms with E-state index in [2.05, 4.69) is 14.9 Å². The van der Waals surface area contributed by atoms with Gasteiger partial charge in [-0.05, 0) is 30.2 Å². The summed E-state index contributed by atoms with van der Waals surface area (Å²) in [6.07, 6.45) is 1.82. The molecule has 0 spiro atoms. The predicted octanol–water partition coefficient (Wildman–Crippen LogP) is 3.61. The lowest BCUT2D eigenvalue weighted by Crippen LogP contribution is -2.49. The Balaban J connectivity index is 1.37. The van der Waals surface area contributed by atoms with Crippen molar-refractivity contribution in [2.45, 2.75) is 13.3 Å². The van der Waals surface area contributed by atoms with E-state index in [-0.39, 0.29) is 17.5 Å². The first-order chi connectivity index (χ1) is 14.6. The summed E-state index contributed by atoms with van der Waals surface area (Å²) in [5, 5.41) is 0. The minimum Gasteiger partial charge on any atom is -0.436 e. The Bertz CT molecular complexity index is 1020. The van der Waals surface area contributed by atoms with Crippen molar-refractivity contribution in [3.8, 4) is 11.6 Å². The van der Waals surface area contributed by atoms with Gasteiger partial charge >= 0.3 is 0 Å². The Morgan fingerprint density at radius 3 is 2.57 bits per heavy atom. The fourth-order valence-electron chi connectivity index (χ4n) is 3.43. The highest BCUT2D eigenvalue weighted by Crippen LogP contribution is 2.26. The predicted molar refractivity (Wildman–Crippen MR) is 112 cm³/mol. The van der Waals surface area contributed by atoms with Gasteiger partial charge < -0.3 is 14.5 Å². The summed E-state index contributed by atoms with van der Waals surface area (Å²) in [4.78, 5) is 24.9. The van der Waals surface area contributed by atoms with Crippen molar-refractivity contribution >= 4 is 11.7 Å². The maximum Gasteiger partial charge on any atom is 0.227 e. The minimum atomic E-state index is -0.439. The first-order valence-electron chi connectivity index (χ1n) is 9.91. The van der Waals surface area contributed by atoms with Crippen LogP contribution >= 0.6 is 0 Å². The Morgan fingerprint density at radius 2 is 1.80 bits per heavy atom. The SMILES string of the molecule is Cc1ccc(F)c(Oc2cc(N3CCN(C(=O)Cc4ccccc4)CC3)ncn2)c1. The molecule has 1 aromatic heterocycles. The second-order valence-electron chi connectivity index (χ2n) is 7.28. The number of piperazine rings is 1. The number of aryl methyl sites for hydroxylation is 1. The van der Waals surface area contributed by atoms with Gasteiger partial charge in [0.2, 0.25) is 11.8 Å². The summed E-state index contributed by atoms with van der Waals surface area (Å²) in [6, 6.07) is 16.2. The van der Waals surface area contributed by atoms with Gasteiger partial charge in [-0.3, -0.25) is 4.79 Å². The number of amides is 1. The van der Waals surface area contributed by atoms with Crippen LogP contribution in [0.4, 0.5) is 10.2 Å². The van der Waals surface area contributed by atoms with Crippen molar-refractivity contribution in [2.24, 2.45) is 0 Å². The molecule has 2 heterocycles. The largest absolute Gasteiger partial charge is 0.436 e. The van der Waals surface area contributed by atoms with Crippen molar-refractivity contribution < 1.29 is 13.9 Å². The fraction of sp³-hybridized carbons (Fsp3) is 0.261. The lowest BCUT2D eigenvalue weighted by Gasteiger charge is -2.35. The van der Waals surface area contributed by atoms with E-state index < -0.39 is 5.82 Å². The maximum absolute atomic E-state index is 14.0. The van der Waals surface area contributed by atoms with E-state index in [9.17, 15) is 9.18 Å². The number of hydrogen-bond donors (Lipinski definition) is 0. The summed E-state index contributed by atoms with van der Waals surface area (Å²) in [5.41, 5.74) is 1.92. The first kappa shape index (κ1) is 19.8. The van der Waals surface area contributed by atoms with Gasteiger partial charge in [0, 0.05) is 32.2 Å². The molecule has 2 aromatic carbocycles. The quantitative estimate of drug-likeness (QED) is 0.648. The van der Waals surface area contributed by atoms with E-state index in [4.69, 9.17) is 4.74 Å². The minimum absolute atomic E-state index is 0.127. The van der Waals surface area contributed by atoms with Crippen LogP contribution in [0.3, 0.4) is 0 Å². The normalized spacial score (nSPS) is 13.9. The number of ether oxygens (including phenoxy) is 1. The molecular weight excluding hydrogens is 383 g/mol. The number of nitrogens with zero attached hydrogens (tertiary/aromatic N) is 4. The van der Waals surface area contributed by atoms with E-state index in [1.807, 2.05) is 42.2 Å². The summed E-state index contributed by atoms with van der Waals surface area (Å²) in [7, 11) is 0. The molecular formula is C23H23FN4O2. The number of hydrogen-bond acceptors (Lipinski definition) is 5. The molecule has 0 radical (unpaired) electrons. The second kappa shape index (κ2) is 8.90. The van der Waals surface area contributed by atoms with Gasteiger partial charge in [0.25, 0.3) is 0 Å². The molecule has 0 N–H and O–H groups in total. The average molecular weight is 406 g/mol. The van der Waals surface area contributed by atoms with Crippen LogP contribution in [-0.2, 0) is 11.2 Å². The number of benzene rings is 2. The third kappa shape index (κ3) is 4.74. The molecule has 3 aromatic rings. The Kier molecular flexibility index (Phi) is 5.88. The topological polar surface area (TPSA) is 58.6 Å². The number of anilines is 1. The van der Waals surface area contributed by atoms with Gasteiger partial charge in [0.1, 0.15) is 12.1 Å². The second-order valence-corrected chi connectivity index (χ2v) is 7.28. The van der Waals surface area contributed by atoms with Crippen LogP contribution in [0.25, 0.3) is 0 Å². The molecule has 6 nitrogen and oxygen atoms in total. The van der Waals surface area contributed by atoms with E-state index in [0.29, 0.717) is 38.4 Å². The molecule has 4 rings (SSSR count). The van der Waals surface area contributed by atoms with Crippen molar-refractivity contribution in [2.75, 3.05) is 31.1 Å². The van der Waals surface area contributed by atoms with E-state index in [0.717, 1.165) is 11.1 Å². The zero-order chi connectivity index (χ0) is 20.9. The fourth-order valence-corrected chi connectivity index (χ4v) is 3.43. The van der Waals surface area contributed by atoms with E-state index in [1.54, 1.807) is 18.2 Å². The molecule has 30 heavy (non-hydrogen) atoms. The average Bonchev–Trinajstić information content (AvgIpc) is 2.77. The van der Waals surface area contributed by atoms with Gasteiger partial charge in [0.05, 0.1) is 6.42 Å². The zero-order valence-corrected chi connectivity index (χ0v) is 16.8. The van der Waals surface area contributed by atoms with Crippen molar-refractivity contribution in [1.82, 2.24) is 14.9 Å². The highest BCUT2D eigenvalue weighted by Gasteiger charge is 2.22. The summed E-state index contributed by atoms with van der Waals surface area (Å²) < 4.78 is 19.6. The lowest BCUT2D eigenvalue weighted by atomic mass is 10.1. The zero-order valence-electron chi connectivity index (χ0n) is 16.8. The molecule has 0 saturated carbocycles. The smallest absolute Gasteiger partial charge is 0.227 e. The summed E-state index contributed by atoms with van der Waals surface area (Å²) in [6.45, 7) is 4.44. The highest BCUT2D eigenvalue weighted by molar-refractivity contribution is 5.79. The molecule has 1 aliphatic rings. The van der Waals surface area contributed by atoms with E-state index in [1.165, 1.54) is 12.4 Å². The first-order valence-corrected chi connectivity index (χ1v) is 9.91. The third-order valence-corrected chi connectivity index (χ3v) is 5.08. The molecule has 1 fully saturated rings. The Hall–Kier alpha value is -3.48. The van der Waals surface area contributed by atoms with Crippen LogP contribution in [0.1, 0.15) is 11.1 Å². The van der Waals surface area contributed by atoms with Crippen LogP contribution in [-0.4, -0.2) is 47.0 Å². The number of halogens is 1. The molecule has 1 aliphatic heterocycles. The number of carbonyl (C=O) groups is 1. The molecule has 1 saturated heterocycles.